The van der Waals surface area contributed by atoms with Crippen molar-refractivity contribution in [2.75, 3.05) is 11.5 Å². The normalized spacial score (nSPS) is 26.4. The van der Waals surface area contributed by atoms with Crippen LogP contribution in [0, 0.1) is 42.4 Å². The maximum absolute atomic E-state index is 13.5. The van der Waals surface area contributed by atoms with Crippen LogP contribution in [0.25, 0.3) is 22.2 Å². The molecule has 1 aliphatic heterocycles. The van der Waals surface area contributed by atoms with Gasteiger partial charge < -0.3 is 4.74 Å². The van der Waals surface area contributed by atoms with E-state index in [0.717, 1.165) is 17.5 Å². The number of ether oxygens (including phenoxy) is 1. The van der Waals surface area contributed by atoms with Gasteiger partial charge in [0.25, 0.3) is 0 Å². The van der Waals surface area contributed by atoms with Crippen molar-refractivity contribution in [2.45, 2.75) is 13.3 Å². The van der Waals surface area contributed by atoms with Crippen molar-refractivity contribution >= 4 is 40.2 Å². The maximum atomic E-state index is 13.5. The predicted octanol–water partition coefficient (Wildman–Crippen LogP) is 5.81. The number of carbonyl (C=O) groups excluding carboxylic acids is 4. The first-order valence-electron chi connectivity index (χ1n) is 14.7. The van der Waals surface area contributed by atoms with E-state index < -0.39 is 5.97 Å². The molecule has 2 bridgehead atoms. The number of aryl methyl sites for hydroxylation is 1. The van der Waals surface area contributed by atoms with Gasteiger partial charge in [-0.05, 0) is 61.3 Å². The third-order valence-electron chi connectivity index (χ3n) is 9.73. The Balaban J connectivity index is 1.06. The number of imide groups is 1. The third-order valence-corrected chi connectivity index (χ3v) is 9.73. The second-order valence-electron chi connectivity index (χ2n) is 12.2. The molecule has 4 aromatic rings. The number of pyridine rings is 1. The number of benzene rings is 3. The summed E-state index contributed by atoms with van der Waals surface area (Å²) in [5, 5.41) is 0.618. The van der Waals surface area contributed by atoms with Gasteiger partial charge in [0.1, 0.15) is 0 Å². The van der Waals surface area contributed by atoms with E-state index in [9.17, 15) is 19.2 Å². The van der Waals surface area contributed by atoms with E-state index in [2.05, 4.69) is 12.2 Å². The maximum Gasteiger partial charge on any atom is 0.339 e. The first-order chi connectivity index (χ1) is 20.9. The lowest BCUT2D eigenvalue weighted by atomic mass is 9.63. The number of ketones is 1. The Hall–Kier alpha value is -4.91. The number of carbonyl (C=O) groups is 4. The Kier molecular flexibility index (Phi) is 5.73. The molecule has 0 radical (unpaired) electrons. The van der Waals surface area contributed by atoms with E-state index in [4.69, 9.17) is 9.72 Å². The zero-order valence-electron chi connectivity index (χ0n) is 23.5. The highest BCUT2D eigenvalue weighted by atomic mass is 16.5. The van der Waals surface area contributed by atoms with Gasteiger partial charge in [0.15, 0.2) is 12.4 Å². The van der Waals surface area contributed by atoms with Gasteiger partial charge in [-0.1, -0.05) is 72.3 Å². The van der Waals surface area contributed by atoms with Gasteiger partial charge in [-0.25, -0.2) is 9.78 Å². The summed E-state index contributed by atoms with van der Waals surface area (Å²) in [5.41, 5.74) is 4.24. The molecule has 43 heavy (non-hydrogen) atoms. The topological polar surface area (TPSA) is 93.6 Å². The van der Waals surface area contributed by atoms with Crippen LogP contribution in [-0.2, 0) is 14.3 Å². The molecular weight excluding hydrogens is 540 g/mol. The summed E-state index contributed by atoms with van der Waals surface area (Å²) in [4.78, 5) is 59.1. The Morgan fingerprint density at radius 2 is 1.51 bits per heavy atom. The lowest BCUT2D eigenvalue weighted by Gasteiger charge is -2.37. The number of esters is 1. The van der Waals surface area contributed by atoms with Crippen LogP contribution in [0.5, 0.6) is 0 Å². The third kappa shape index (κ3) is 4.06. The van der Waals surface area contributed by atoms with Crippen molar-refractivity contribution in [2.24, 2.45) is 35.5 Å². The first-order valence-corrected chi connectivity index (χ1v) is 14.7. The van der Waals surface area contributed by atoms with Crippen LogP contribution in [0.3, 0.4) is 0 Å². The van der Waals surface area contributed by atoms with Gasteiger partial charge in [-0.2, -0.15) is 0 Å². The number of hydrogen-bond donors (Lipinski definition) is 0. The summed E-state index contributed by atoms with van der Waals surface area (Å²) in [7, 11) is 0. The summed E-state index contributed by atoms with van der Waals surface area (Å²) >= 11 is 0. The van der Waals surface area contributed by atoms with Gasteiger partial charge in [0.05, 0.1) is 34.3 Å². The molecule has 2 heterocycles. The van der Waals surface area contributed by atoms with E-state index in [0.29, 0.717) is 45.2 Å². The van der Waals surface area contributed by atoms with E-state index in [1.807, 2.05) is 49.4 Å². The molecule has 7 nitrogen and oxygen atoms in total. The van der Waals surface area contributed by atoms with Gasteiger partial charge in [0.2, 0.25) is 11.8 Å². The Labute approximate surface area is 248 Å². The molecule has 7 heteroatoms. The van der Waals surface area contributed by atoms with Crippen LogP contribution in [0.1, 0.15) is 32.7 Å². The molecule has 3 aromatic carbocycles. The highest BCUT2D eigenvalue weighted by Gasteiger charge is 2.67. The second kappa shape index (κ2) is 9.56. The molecule has 9 rings (SSSR count). The average molecular weight is 569 g/mol. The average Bonchev–Trinajstić information content (AvgIpc) is 3.82. The van der Waals surface area contributed by atoms with Crippen molar-refractivity contribution < 1.29 is 23.9 Å². The van der Waals surface area contributed by atoms with Gasteiger partial charge in [-0.15, -0.1) is 0 Å². The molecule has 2 saturated carbocycles. The van der Waals surface area contributed by atoms with E-state index in [1.165, 1.54) is 4.90 Å². The minimum Gasteiger partial charge on any atom is -0.454 e. The molecule has 6 atom stereocenters. The Morgan fingerprint density at radius 1 is 0.860 bits per heavy atom. The minimum atomic E-state index is -0.617. The standard InChI is InChI=1S/C36H28N2O5/c1-19-6-8-21(9-7-19)31(39)18-43-36(42)28-17-30(37-29-5-3-2-4-23(28)29)20-10-12-22(13-11-20)38-34(40)32-24-14-15-25(27-16-26(24)27)33(32)35(38)41/h2-15,17,24-27,32-33H,16,18H2,1H3. The molecule has 1 saturated heterocycles. The highest BCUT2D eigenvalue weighted by Crippen LogP contribution is 2.65. The SMILES string of the molecule is Cc1ccc(C(=O)COC(=O)c2cc(-c3ccc(N4C(=O)C5C6C=CC(C7CC67)C5C4=O)cc3)nc3ccccc23)cc1. The van der Waals surface area contributed by atoms with Crippen molar-refractivity contribution in [3.8, 4) is 11.3 Å². The quantitative estimate of drug-likeness (QED) is 0.126. The lowest BCUT2D eigenvalue weighted by molar-refractivity contribution is -0.124. The molecule has 6 unspecified atom stereocenters. The molecule has 4 aliphatic carbocycles. The summed E-state index contributed by atoms with van der Waals surface area (Å²) in [6.45, 7) is 1.56. The fourth-order valence-corrected chi connectivity index (χ4v) is 7.52. The molecule has 0 spiro atoms. The van der Waals surface area contributed by atoms with Gasteiger partial charge in [0, 0.05) is 16.5 Å². The van der Waals surface area contributed by atoms with Crippen LogP contribution in [0.15, 0.2) is 91.0 Å². The second-order valence-corrected chi connectivity index (χ2v) is 12.2. The molecule has 1 aromatic heterocycles. The number of allylic oxidation sites excluding steroid dienone is 2. The number of rotatable bonds is 6. The van der Waals surface area contributed by atoms with E-state index >= 15 is 0 Å². The van der Waals surface area contributed by atoms with Crippen molar-refractivity contribution in [1.82, 2.24) is 4.98 Å². The molecular formula is C36H28N2O5. The summed E-state index contributed by atoms with van der Waals surface area (Å²) in [6.07, 6.45) is 5.47. The number of amides is 2. The van der Waals surface area contributed by atoms with Crippen LogP contribution in [-0.4, -0.2) is 35.2 Å². The summed E-state index contributed by atoms with van der Waals surface area (Å²) in [5.74, 6) is -0.141. The number of para-hydroxylation sites is 1. The zero-order chi connectivity index (χ0) is 29.4. The monoisotopic (exact) mass is 568 g/mol. The van der Waals surface area contributed by atoms with Crippen molar-refractivity contribution in [3.05, 3.63) is 108 Å². The number of aromatic nitrogens is 1. The summed E-state index contributed by atoms with van der Waals surface area (Å²) in [6, 6.07) is 23.2. The fourth-order valence-electron chi connectivity index (χ4n) is 7.52. The molecule has 0 N–H and O–H groups in total. The lowest BCUT2D eigenvalue weighted by Crippen LogP contribution is -2.40. The van der Waals surface area contributed by atoms with Crippen LogP contribution >= 0.6 is 0 Å². The number of Topliss-reactive ketones (excluding diaryl/α,β-unsaturated/α-hetero) is 1. The van der Waals surface area contributed by atoms with E-state index in [-0.39, 0.29) is 47.9 Å². The number of nitrogens with zero attached hydrogens (tertiary/aromatic N) is 2. The number of fused-ring (bicyclic) bond motifs is 1. The van der Waals surface area contributed by atoms with Crippen molar-refractivity contribution in [3.63, 3.8) is 0 Å². The van der Waals surface area contributed by atoms with E-state index in [1.54, 1.807) is 36.4 Å². The number of anilines is 1. The molecule has 5 aliphatic rings. The van der Waals surface area contributed by atoms with Gasteiger partial charge >= 0.3 is 5.97 Å². The van der Waals surface area contributed by atoms with Crippen molar-refractivity contribution in [1.29, 1.82) is 0 Å². The van der Waals surface area contributed by atoms with Crippen LogP contribution in [0.4, 0.5) is 5.69 Å². The smallest absolute Gasteiger partial charge is 0.339 e. The Bertz CT molecular complexity index is 1840. The Morgan fingerprint density at radius 3 is 2.19 bits per heavy atom. The fraction of sp³-hybridized carbons (Fsp3) is 0.250. The molecule has 212 valence electrons. The van der Waals surface area contributed by atoms with Crippen LogP contribution < -0.4 is 4.90 Å². The number of hydrogen-bond acceptors (Lipinski definition) is 6. The van der Waals surface area contributed by atoms with Gasteiger partial charge in [-0.3, -0.25) is 19.3 Å². The molecule has 3 fully saturated rings. The van der Waals surface area contributed by atoms with Crippen LogP contribution in [0.2, 0.25) is 0 Å². The summed E-state index contributed by atoms with van der Waals surface area (Å²) < 4.78 is 5.46. The minimum absolute atomic E-state index is 0.0958. The predicted molar refractivity (Wildman–Crippen MR) is 160 cm³/mol. The first kappa shape index (κ1) is 25.8. The zero-order valence-corrected chi connectivity index (χ0v) is 23.5. The highest BCUT2D eigenvalue weighted by molar-refractivity contribution is 6.22. The molecule has 2 amide bonds. The largest absolute Gasteiger partial charge is 0.454 e.